The molecule has 22 heavy (non-hydrogen) atoms. The van der Waals surface area contributed by atoms with Crippen molar-refractivity contribution >= 4 is 29.0 Å². The molecule has 2 fully saturated rings. The summed E-state index contributed by atoms with van der Waals surface area (Å²) in [6, 6.07) is 9.53. The van der Waals surface area contributed by atoms with Gasteiger partial charge in [0.1, 0.15) is 6.10 Å². The van der Waals surface area contributed by atoms with E-state index in [0.29, 0.717) is 5.88 Å². The van der Waals surface area contributed by atoms with Crippen LogP contribution >= 0.6 is 23.1 Å². The van der Waals surface area contributed by atoms with E-state index in [1.54, 1.807) is 6.20 Å². The van der Waals surface area contributed by atoms with Crippen LogP contribution in [0, 0.1) is 0 Å². The third-order valence-electron chi connectivity index (χ3n) is 4.08. The van der Waals surface area contributed by atoms with E-state index in [-0.39, 0.29) is 16.8 Å². The van der Waals surface area contributed by atoms with Crippen molar-refractivity contribution < 1.29 is 9.53 Å². The monoisotopic (exact) mass is 332 g/mol. The number of thioether (sulfide) groups is 1. The van der Waals surface area contributed by atoms with Crippen molar-refractivity contribution in [2.45, 2.75) is 17.3 Å². The van der Waals surface area contributed by atoms with E-state index in [4.69, 9.17) is 4.74 Å². The second-order valence-electron chi connectivity index (χ2n) is 5.74. The van der Waals surface area contributed by atoms with Gasteiger partial charge in [-0.3, -0.25) is 4.79 Å². The minimum atomic E-state index is 0.162. The minimum Gasteiger partial charge on any atom is -0.473 e. The van der Waals surface area contributed by atoms with Crippen molar-refractivity contribution in [3.8, 4) is 5.88 Å². The summed E-state index contributed by atoms with van der Waals surface area (Å²) in [5, 5.41) is 1.95. The van der Waals surface area contributed by atoms with Crippen LogP contribution in [0.15, 0.2) is 41.9 Å². The first kappa shape index (κ1) is 14.1. The molecule has 2 saturated heterocycles. The van der Waals surface area contributed by atoms with Crippen molar-refractivity contribution in [3.63, 3.8) is 0 Å². The first-order valence-electron chi connectivity index (χ1n) is 7.29. The van der Waals surface area contributed by atoms with E-state index < -0.39 is 0 Å². The zero-order chi connectivity index (χ0) is 15.0. The second-order valence-corrected chi connectivity index (χ2v) is 8.18. The zero-order valence-corrected chi connectivity index (χ0v) is 13.6. The fourth-order valence-corrected chi connectivity index (χ4v) is 5.25. The molecule has 0 aromatic carbocycles. The lowest BCUT2D eigenvalue weighted by molar-refractivity contribution is 0.0521. The maximum absolute atomic E-state index is 12.3. The predicted molar refractivity (Wildman–Crippen MR) is 88.7 cm³/mol. The van der Waals surface area contributed by atoms with Gasteiger partial charge in [-0.1, -0.05) is 12.1 Å². The van der Waals surface area contributed by atoms with Gasteiger partial charge in [-0.25, -0.2) is 4.98 Å². The van der Waals surface area contributed by atoms with Gasteiger partial charge in [-0.05, 0) is 17.5 Å². The smallest absolute Gasteiger partial charge is 0.264 e. The molecule has 4 rings (SSSR count). The fraction of sp³-hybridized carbons (Fsp3) is 0.375. The summed E-state index contributed by atoms with van der Waals surface area (Å²) in [5.74, 6) is 1.82. The number of hydrogen-bond donors (Lipinski definition) is 0. The molecule has 0 N–H and O–H groups in total. The average Bonchev–Trinajstić information content (AvgIpc) is 3.16. The number of carbonyl (C=O) groups excluding carboxylic acids is 1. The van der Waals surface area contributed by atoms with Crippen LogP contribution in [0.1, 0.15) is 16.1 Å². The van der Waals surface area contributed by atoms with Gasteiger partial charge in [0.2, 0.25) is 5.88 Å². The predicted octanol–water partition coefficient (Wildman–Crippen LogP) is 2.92. The second kappa shape index (κ2) is 5.59. The first-order valence-corrected chi connectivity index (χ1v) is 9.15. The number of pyridine rings is 1. The highest BCUT2D eigenvalue weighted by molar-refractivity contribution is 8.01. The maximum atomic E-state index is 12.3. The maximum Gasteiger partial charge on any atom is 0.264 e. The van der Waals surface area contributed by atoms with Gasteiger partial charge in [-0.15, -0.1) is 23.1 Å². The van der Waals surface area contributed by atoms with Crippen LogP contribution in [-0.4, -0.2) is 45.5 Å². The number of aromatic nitrogens is 1. The van der Waals surface area contributed by atoms with Crippen molar-refractivity contribution in [3.05, 3.63) is 46.8 Å². The number of ether oxygens (including phenoxy) is 1. The van der Waals surface area contributed by atoms with E-state index in [9.17, 15) is 4.79 Å². The van der Waals surface area contributed by atoms with Crippen LogP contribution in [-0.2, 0) is 0 Å². The summed E-state index contributed by atoms with van der Waals surface area (Å²) < 4.78 is 6.13. The van der Waals surface area contributed by atoms with Crippen molar-refractivity contribution in [1.29, 1.82) is 0 Å². The lowest BCUT2D eigenvalue weighted by Crippen LogP contribution is -2.60. The number of likely N-dealkylation sites (tertiary alicyclic amines) is 1. The average molecular weight is 332 g/mol. The Morgan fingerprint density at radius 1 is 1.32 bits per heavy atom. The third kappa shape index (κ3) is 2.61. The largest absolute Gasteiger partial charge is 0.473 e. The Morgan fingerprint density at radius 2 is 2.23 bits per heavy atom. The van der Waals surface area contributed by atoms with Gasteiger partial charge in [-0.2, -0.15) is 0 Å². The molecule has 2 aliphatic rings. The van der Waals surface area contributed by atoms with Gasteiger partial charge in [0, 0.05) is 37.5 Å². The van der Waals surface area contributed by atoms with Gasteiger partial charge in [0.05, 0.1) is 9.62 Å². The summed E-state index contributed by atoms with van der Waals surface area (Å²) in [4.78, 5) is 19.3. The molecule has 0 radical (unpaired) electrons. The highest BCUT2D eigenvalue weighted by Crippen LogP contribution is 2.46. The lowest BCUT2D eigenvalue weighted by atomic mass is 9.93. The van der Waals surface area contributed by atoms with Crippen molar-refractivity contribution in [2.24, 2.45) is 0 Å². The number of rotatable bonds is 3. The van der Waals surface area contributed by atoms with Crippen LogP contribution in [0.3, 0.4) is 0 Å². The molecule has 0 bridgehead atoms. The molecule has 0 unspecified atom stereocenters. The van der Waals surface area contributed by atoms with Crippen LogP contribution in [0.4, 0.5) is 0 Å². The number of thiophene rings is 1. The molecule has 1 spiro atoms. The molecule has 1 atom stereocenters. The lowest BCUT2D eigenvalue weighted by Gasteiger charge is -2.47. The van der Waals surface area contributed by atoms with E-state index in [1.807, 2.05) is 52.4 Å². The molecule has 1 amide bonds. The van der Waals surface area contributed by atoms with E-state index in [2.05, 4.69) is 4.98 Å². The van der Waals surface area contributed by atoms with Crippen LogP contribution in [0.5, 0.6) is 5.88 Å². The van der Waals surface area contributed by atoms with Crippen LogP contribution in [0.2, 0.25) is 0 Å². The van der Waals surface area contributed by atoms with Gasteiger partial charge in [0.15, 0.2) is 0 Å². The van der Waals surface area contributed by atoms with Gasteiger partial charge in [0.25, 0.3) is 5.91 Å². The molecule has 114 valence electrons. The normalized spacial score (nSPS) is 22.5. The number of carbonyl (C=O) groups is 1. The van der Waals surface area contributed by atoms with Crippen LogP contribution in [0.25, 0.3) is 0 Å². The van der Waals surface area contributed by atoms with E-state index in [1.165, 1.54) is 11.3 Å². The number of nitrogens with zero attached hydrogens (tertiary/aromatic N) is 2. The minimum absolute atomic E-state index is 0.162. The molecule has 0 saturated carbocycles. The Bertz CT molecular complexity index is 654. The number of hydrogen-bond acceptors (Lipinski definition) is 5. The van der Waals surface area contributed by atoms with Gasteiger partial charge >= 0.3 is 0 Å². The fourth-order valence-electron chi connectivity index (χ4n) is 3.04. The summed E-state index contributed by atoms with van der Waals surface area (Å²) >= 11 is 3.44. The van der Waals surface area contributed by atoms with Gasteiger partial charge < -0.3 is 9.64 Å². The molecule has 4 heterocycles. The number of amides is 1. The molecule has 0 aliphatic carbocycles. The topological polar surface area (TPSA) is 42.4 Å². The molecular formula is C16H16N2O2S2. The van der Waals surface area contributed by atoms with Crippen molar-refractivity contribution in [1.82, 2.24) is 9.88 Å². The third-order valence-corrected chi connectivity index (χ3v) is 6.51. The molecule has 2 aromatic rings. The molecule has 2 aliphatic heterocycles. The Balaban J connectivity index is 1.33. The Hall–Kier alpha value is -1.53. The Kier molecular flexibility index (Phi) is 3.58. The molecule has 4 nitrogen and oxygen atoms in total. The molecular weight excluding hydrogens is 316 g/mol. The Morgan fingerprint density at radius 3 is 2.95 bits per heavy atom. The van der Waals surface area contributed by atoms with Crippen molar-refractivity contribution in [2.75, 3.05) is 18.8 Å². The molecule has 2 aromatic heterocycles. The highest BCUT2D eigenvalue weighted by atomic mass is 32.2. The standard InChI is InChI=1S/C16H16N2O2S2/c19-15(13-4-3-7-21-13)18-10-16(11-18)8-12(9-22-16)20-14-5-1-2-6-17-14/h1-7,12H,8-11H2/t12-/m1/s1. The summed E-state index contributed by atoms with van der Waals surface area (Å²) in [6.45, 7) is 1.66. The highest BCUT2D eigenvalue weighted by Gasteiger charge is 2.51. The zero-order valence-electron chi connectivity index (χ0n) is 12.0. The summed E-state index contributed by atoms with van der Waals surface area (Å²) in [5.41, 5.74) is 0. The Labute approximate surface area is 137 Å². The first-order chi connectivity index (χ1) is 10.7. The van der Waals surface area contributed by atoms with E-state index in [0.717, 1.165) is 30.1 Å². The summed E-state index contributed by atoms with van der Waals surface area (Å²) in [7, 11) is 0. The molecule has 6 heteroatoms. The van der Waals surface area contributed by atoms with Crippen LogP contribution < -0.4 is 4.74 Å². The van der Waals surface area contributed by atoms with E-state index >= 15 is 0 Å². The SMILES string of the molecule is O=C(c1cccs1)N1CC2(C[C@@H](Oc3ccccn3)CS2)C1. The quantitative estimate of drug-likeness (QED) is 0.867. The summed E-state index contributed by atoms with van der Waals surface area (Å²) in [6.07, 6.45) is 2.93.